The van der Waals surface area contributed by atoms with Crippen molar-refractivity contribution in [1.82, 2.24) is 15.1 Å². The summed E-state index contributed by atoms with van der Waals surface area (Å²) in [6, 6.07) is 13.8. The average molecular weight is 412 g/mol. The monoisotopic (exact) mass is 411 g/mol. The number of nitrogens with zero attached hydrogens (tertiary/aromatic N) is 2. The summed E-state index contributed by atoms with van der Waals surface area (Å²) in [7, 11) is 0. The number of hydrogen-bond donors (Lipinski definition) is 1. The molecule has 3 rings (SSSR count). The van der Waals surface area contributed by atoms with Gasteiger partial charge in [0.2, 0.25) is 0 Å². The third-order valence-electron chi connectivity index (χ3n) is 3.98. The van der Waals surface area contributed by atoms with Crippen LogP contribution >= 0.6 is 23.2 Å². The van der Waals surface area contributed by atoms with Gasteiger partial charge in [-0.25, -0.2) is 4.68 Å². The summed E-state index contributed by atoms with van der Waals surface area (Å²) in [6.45, 7) is 0.104. The largest absolute Gasteiger partial charge is 0.435 e. The first-order valence-electron chi connectivity index (χ1n) is 8.19. The molecule has 0 saturated heterocycles. The highest BCUT2D eigenvalue weighted by Crippen LogP contribution is 2.27. The maximum Gasteiger partial charge on any atom is 0.387 e. The van der Waals surface area contributed by atoms with E-state index >= 15 is 0 Å². The van der Waals surface area contributed by atoms with Gasteiger partial charge in [-0.3, -0.25) is 0 Å². The van der Waals surface area contributed by atoms with E-state index in [-0.39, 0.29) is 5.75 Å². The number of nitrogens with one attached hydrogen (secondary N) is 1. The SMILES string of the molecule is Cc1nn(-c2ccccc2Cl)c(Cl)c1CNCc1ccc(OC(F)F)cc1. The van der Waals surface area contributed by atoms with Crippen LogP contribution in [-0.2, 0) is 13.1 Å². The van der Waals surface area contributed by atoms with Crippen molar-refractivity contribution in [3.8, 4) is 11.4 Å². The highest BCUT2D eigenvalue weighted by atomic mass is 35.5. The Labute approximate surface area is 165 Å². The fourth-order valence-corrected chi connectivity index (χ4v) is 3.18. The molecule has 0 radical (unpaired) electrons. The number of aromatic nitrogens is 2. The van der Waals surface area contributed by atoms with Crippen molar-refractivity contribution in [3.63, 3.8) is 0 Å². The molecule has 0 fully saturated rings. The molecular formula is C19H17Cl2F2N3O. The summed E-state index contributed by atoms with van der Waals surface area (Å²) < 4.78 is 30.3. The Kier molecular flexibility index (Phi) is 6.31. The summed E-state index contributed by atoms with van der Waals surface area (Å²) >= 11 is 12.7. The average Bonchev–Trinajstić information content (AvgIpc) is 2.91. The van der Waals surface area contributed by atoms with Crippen LogP contribution in [0.1, 0.15) is 16.8 Å². The zero-order valence-electron chi connectivity index (χ0n) is 14.4. The third kappa shape index (κ3) is 4.77. The van der Waals surface area contributed by atoms with E-state index in [1.165, 1.54) is 12.1 Å². The summed E-state index contributed by atoms with van der Waals surface area (Å²) in [6.07, 6.45) is 0. The van der Waals surface area contributed by atoms with Gasteiger partial charge in [0.25, 0.3) is 0 Å². The van der Waals surface area contributed by atoms with E-state index in [0.29, 0.717) is 29.0 Å². The second kappa shape index (κ2) is 8.69. The van der Waals surface area contributed by atoms with Crippen LogP contribution in [0.3, 0.4) is 0 Å². The lowest BCUT2D eigenvalue weighted by molar-refractivity contribution is -0.0498. The van der Waals surface area contributed by atoms with Crippen molar-refractivity contribution in [2.45, 2.75) is 26.6 Å². The van der Waals surface area contributed by atoms with Crippen LogP contribution in [0, 0.1) is 6.92 Å². The molecule has 0 aliphatic rings. The molecule has 27 heavy (non-hydrogen) atoms. The van der Waals surface area contributed by atoms with Crippen LogP contribution in [0.2, 0.25) is 10.2 Å². The number of aryl methyl sites for hydroxylation is 1. The molecule has 0 bridgehead atoms. The second-order valence-electron chi connectivity index (χ2n) is 5.84. The Morgan fingerprint density at radius 2 is 1.78 bits per heavy atom. The molecule has 142 valence electrons. The van der Waals surface area contributed by atoms with Crippen molar-refractivity contribution in [1.29, 1.82) is 0 Å². The number of halogens is 4. The molecule has 0 unspecified atom stereocenters. The lowest BCUT2D eigenvalue weighted by Crippen LogP contribution is -2.13. The topological polar surface area (TPSA) is 39.1 Å². The predicted octanol–water partition coefficient (Wildman–Crippen LogP) is 5.38. The summed E-state index contributed by atoms with van der Waals surface area (Å²) in [5, 5.41) is 8.82. The smallest absolute Gasteiger partial charge is 0.387 e. The van der Waals surface area contributed by atoms with Crippen LogP contribution in [0.5, 0.6) is 5.75 Å². The summed E-state index contributed by atoms with van der Waals surface area (Å²) in [4.78, 5) is 0. The standard InChI is InChI=1S/C19H17Cl2F2N3O/c1-12-15(18(21)26(25-12)17-5-3-2-4-16(17)20)11-24-10-13-6-8-14(9-7-13)27-19(22)23/h2-9,19,24H,10-11H2,1H3. The van der Waals surface area contributed by atoms with E-state index in [4.69, 9.17) is 23.2 Å². The molecular weight excluding hydrogens is 395 g/mol. The lowest BCUT2D eigenvalue weighted by atomic mass is 10.2. The van der Waals surface area contributed by atoms with Crippen molar-refractivity contribution in [2.75, 3.05) is 0 Å². The van der Waals surface area contributed by atoms with E-state index in [9.17, 15) is 8.78 Å². The fourth-order valence-electron chi connectivity index (χ4n) is 2.64. The Morgan fingerprint density at radius 3 is 2.44 bits per heavy atom. The first kappa shape index (κ1) is 19.6. The van der Waals surface area contributed by atoms with Gasteiger partial charge in [0.05, 0.1) is 16.4 Å². The maximum atomic E-state index is 12.2. The molecule has 4 nitrogen and oxygen atoms in total. The first-order chi connectivity index (χ1) is 13.0. The Balaban J connectivity index is 1.66. The van der Waals surface area contributed by atoms with Crippen molar-refractivity contribution >= 4 is 23.2 Å². The molecule has 0 atom stereocenters. The van der Waals surface area contributed by atoms with Crippen LogP contribution in [0.25, 0.3) is 5.69 Å². The highest BCUT2D eigenvalue weighted by molar-refractivity contribution is 6.33. The highest BCUT2D eigenvalue weighted by Gasteiger charge is 2.16. The van der Waals surface area contributed by atoms with Gasteiger partial charge >= 0.3 is 6.61 Å². The molecule has 2 aromatic carbocycles. The van der Waals surface area contributed by atoms with Gasteiger partial charge in [-0.1, -0.05) is 47.5 Å². The minimum Gasteiger partial charge on any atom is -0.435 e. The van der Waals surface area contributed by atoms with Crippen LogP contribution in [0.15, 0.2) is 48.5 Å². The number of ether oxygens (including phenoxy) is 1. The van der Waals surface area contributed by atoms with E-state index in [2.05, 4.69) is 15.2 Å². The molecule has 1 N–H and O–H groups in total. The molecule has 0 aliphatic heterocycles. The van der Waals surface area contributed by atoms with E-state index in [1.807, 2.05) is 25.1 Å². The zero-order chi connectivity index (χ0) is 19.4. The normalized spacial score (nSPS) is 11.2. The number of hydrogen-bond acceptors (Lipinski definition) is 3. The Hall–Kier alpha value is -2.15. The van der Waals surface area contributed by atoms with Crippen molar-refractivity contribution < 1.29 is 13.5 Å². The molecule has 3 aromatic rings. The van der Waals surface area contributed by atoms with Gasteiger partial charge in [-0.2, -0.15) is 13.9 Å². The number of benzene rings is 2. The van der Waals surface area contributed by atoms with Gasteiger partial charge in [0.15, 0.2) is 0 Å². The van der Waals surface area contributed by atoms with Crippen LogP contribution in [0.4, 0.5) is 8.78 Å². The lowest BCUT2D eigenvalue weighted by Gasteiger charge is -2.08. The van der Waals surface area contributed by atoms with Crippen molar-refractivity contribution in [3.05, 3.63) is 75.5 Å². The first-order valence-corrected chi connectivity index (χ1v) is 8.94. The Morgan fingerprint density at radius 1 is 1.07 bits per heavy atom. The third-order valence-corrected chi connectivity index (χ3v) is 4.69. The summed E-state index contributed by atoms with van der Waals surface area (Å²) in [5.74, 6) is 0.133. The fraction of sp³-hybridized carbons (Fsp3) is 0.211. The molecule has 1 aromatic heterocycles. The predicted molar refractivity (Wildman–Crippen MR) is 102 cm³/mol. The summed E-state index contributed by atoms with van der Waals surface area (Å²) in [5.41, 5.74) is 3.32. The minimum atomic E-state index is -2.83. The molecule has 0 amide bonds. The molecule has 8 heteroatoms. The van der Waals surface area contributed by atoms with Crippen LogP contribution < -0.4 is 10.1 Å². The van der Waals surface area contributed by atoms with E-state index in [1.54, 1.807) is 22.9 Å². The minimum absolute atomic E-state index is 0.133. The maximum absolute atomic E-state index is 12.2. The van der Waals surface area contributed by atoms with Gasteiger partial charge in [0.1, 0.15) is 10.9 Å². The van der Waals surface area contributed by atoms with Crippen LogP contribution in [-0.4, -0.2) is 16.4 Å². The second-order valence-corrected chi connectivity index (χ2v) is 6.61. The molecule has 1 heterocycles. The molecule has 0 aliphatic carbocycles. The molecule has 0 saturated carbocycles. The quantitative estimate of drug-likeness (QED) is 0.567. The van der Waals surface area contributed by atoms with Gasteiger partial charge in [-0.15, -0.1) is 0 Å². The zero-order valence-corrected chi connectivity index (χ0v) is 15.9. The molecule has 0 spiro atoms. The van der Waals surface area contributed by atoms with Gasteiger partial charge in [-0.05, 0) is 36.8 Å². The Bertz CT molecular complexity index is 914. The van der Waals surface area contributed by atoms with E-state index < -0.39 is 6.61 Å². The van der Waals surface area contributed by atoms with E-state index in [0.717, 1.165) is 16.8 Å². The van der Waals surface area contributed by atoms with Gasteiger partial charge < -0.3 is 10.1 Å². The number of para-hydroxylation sites is 1. The number of rotatable bonds is 7. The van der Waals surface area contributed by atoms with Gasteiger partial charge in [0, 0.05) is 18.7 Å². The van der Waals surface area contributed by atoms with Crippen molar-refractivity contribution in [2.24, 2.45) is 0 Å². The number of alkyl halides is 2.